The molecule has 0 atom stereocenters. The fraction of sp³-hybridized carbons (Fsp3) is 0.235. The summed E-state index contributed by atoms with van der Waals surface area (Å²) < 4.78 is 13.7. The van der Waals surface area contributed by atoms with Gasteiger partial charge < -0.3 is 5.32 Å². The van der Waals surface area contributed by atoms with E-state index in [1.165, 1.54) is 13.1 Å². The Bertz CT molecular complexity index is 809. The zero-order valence-electron chi connectivity index (χ0n) is 13.5. The number of halogens is 1. The number of hydrogen-bond acceptors (Lipinski definition) is 5. The molecular weight excluding hydrogens is 329 g/mol. The van der Waals surface area contributed by atoms with Crippen LogP contribution in [0.15, 0.2) is 36.7 Å². The monoisotopic (exact) mass is 345 g/mol. The first-order valence-electron chi connectivity index (χ1n) is 7.56. The second-order valence-corrected chi connectivity index (χ2v) is 5.38. The third kappa shape index (κ3) is 4.66. The van der Waals surface area contributed by atoms with E-state index in [1.54, 1.807) is 18.3 Å². The summed E-state index contributed by atoms with van der Waals surface area (Å²) in [6, 6.07) is 5.33. The van der Waals surface area contributed by atoms with Crippen molar-refractivity contribution in [1.29, 1.82) is 0 Å². The van der Waals surface area contributed by atoms with E-state index in [0.29, 0.717) is 12.0 Å². The van der Waals surface area contributed by atoms with Gasteiger partial charge in [-0.1, -0.05) is 0 Å². The molecule has 0 saturated carbocycles. The Labute approximate surface area is 143 Å². The Hall–Kier alpha value is -3.16. The van der Waals surface area contributed by atoms with Gasteiger partial charge in [-0.2, -0.15) is 0 Å². The van der Waals surface area contributed by atoms with Crippen molar-refractivity contribution < 1.29 is 18.9 Å². The lowest BCUT2D eigenvalue weighted by molar-refractivity contribution is -0.385. The number of amides is 1. The third-order valence-electron chi connectivity index (χ3n) is 3.63. The molecule has 0 fully saturated rings. The molecule has 2 rings (SSSR count). The van der Waals surface area contributed by atoms with Crippen LogP contribution in [0, 0.1) is 22.9 Å². The highest BCUT2D eigenvalue weighted by atomic mass is 19.1. The summed E-state index contributed by atoms with van der Waals surface area (Å²) in [5.74, 6) is -1.52. The van der Waals surface area contributed by atoms with E-state index < -0.39 is 22.2 Å². The summed E-state index contributed by atoms with van der Waals surface area (Å²) in [5.41, 5.74) is -0.169. The highest BCUT2D eigenvalue weighted by molar-refractivity contribution is 5.97. The normalized spacial score (nSPS) is 10.3. The zero-order valence-corrected chi connectivity index (χ0v) is 13.5. The number of nitro benzene ring substituents is 1. The Kier molecular flexibility index (Phi) is 5.89. The quantitative estimate of drug-likeness (QED) is 0.360. The average Bonchev–Trinajstić information content (AvgIpc) is 2.60. The largest absolute Gasteiger partial charge is 0.352 e. The molecule has 0 aliphatic rings. The van der Waals surface area contributed by atoms with Crippen molar-refractivity contribution in [1.82, 2.24) is 10.3 Å². The van der Waals surface area contributed by atoms with Crippen LogP contribution in [-0.4, -0.2) is 28.1 Å². The van der Waals surface area contributed by atoms with Crippen LogP contribution in [-0.2, 0) is 0 Å². The first kappa shape index (κ1) is 18.2. The minimum atomic E-state index is -0.789. The molecule has 0 saturated heterocycles. The van der Waals surface area contributed by atoms with Gasteiger partial charge in [-0.05, 0) is 31.5 Å². The van der Waals surface area contributed by atoms with Crippen LogP contribution in [0.2, 0.25) is 0 Å². The van der Waals surface area contributed by atoms with Crippen molar-refractivity contribution in [2.75, 3.05) is 6.54 Å². The number of nitro groups is 1. The standard InChI is InChI=1S/C17H16FN3O4/c1-11-14(18)8-13(9-15(11)21(24)25)16(22)5-3-7-20-17(23)12-4-2-6-19-10-12/h2,4,6,8-10H,3,5,7H2,1H3,(H,20,23). The molecule has 1 aromatic heterocycles. The van der Waals surface area contributed by atoms with Crippen LogP contribution in [0.3, 0.4) is 0 Å². The first-order valence-corrected chi connectivity index (χ1v) is 7.56. The molecule has 7 nitrogen and oxygen atoms in total. The van der Waals surface area contributed by atoms with E-state index in [9.17, 15) is 24.1 Å². The van der Waals surface area contributed by atoms with Crippen LogP contribution < -0.4 is 5.32 Å². The number of ketones is 1. The molecule has 0 radical (unpaired) electrons. The minimum Gasteiger partial charge on any atom is -0.352 e. The lowest BCUT2D eigenvalue weighted by Gasteiger charge is -2.06. The number of rotatable bonds is 7. The fourth-order valence-electron chi connectivity index (χ4n) is 2.21. The molecule has 0 spiro atoms. The number of nitrogens with one attached hydrogen (secondary N) is 1. The van der Waals surface area contributed by atoms with Gasteiger partial charge in [-0.3, -0.25) is 24.7 Å². The summed E-state index contributed by atoms with van der Waals surface area (Å²) in [5, 5.41) is 13.5. The molecule has 1 N–H and O–H groups in total. The molecule has 2 aromatic rings. The van der Waals surface area contributed by atoms with Crippen LogP contribution in [0.1, 0.15) is 39.1 Å². The number of pyridine rings is 1. The maximum atomic E-state index is 13.7. The van der Waals surface area contributed by atoms with Gasteiger partial charge in [0, 0.05) is 37.0 Å². The van der Waals surface area contributed by atoms with Crippen LogP contribution in [0.5, 0.6) is 0 Å². The molecule has 0 bridgehead atoms. The molecule has 1 heterocycles. The zero-order chi connectivity index (χ0) is 18.4. The SMILES string of the molecule is Cc1c(F)cc(C(=O)CCCNC(=O)c2cccnc2)cc1[N+](=O)[O-]. The topological polar surface area (TPSA) is 102 Å². The van der Waals surface area contributed by atoms with Crippen LogP contribution in [0.25, 0.3) is 0 Å². The fourth-order valence-corrected chi connectivity index (χ4v) is 2.21. The first-order chi connectivity index (χ1) is 11.9. The van der Waals surface area contributed by atoms with Gasteiger partial charge in [0.05, 0.1) is 16.1 Å². The molecule has 130 valence electrons. The van der Waals surface area contributed by atoms with Gasteiger partial charge in [0.1, 0.15) is 5.82 Å². The number of benzene rings is 1. The van der Waals surface area contributed by atoms with Gasteiger partial charge >= 0.3 is 0 Å². The summed E-state index contributed by atoms with van der Waals surface area (Å²) in [7, 11) is 0. The van der Waals surface area contributed by atoms with E-state index in [2.05, 4.69) is 10.3 Å². The maximum Gasteiger partial charge on any atom is 0.275 e. The second-order valence-electron chi connectivity index (χ2n) is 5.38. The number of Topliss-reactive ketones (excluding diaryl/α,β-unsaturated/α-hetero) is 1. The number of hydrogen-bond donors (Lipinski definition) is 1. The number of carbonyl (C=O) groups is 2. The highest BCUT2D eigenvalue weighted by Gasteiger charge is 2.19. The molecule has 0 aliphatic heterocycles. The highest BCUT2D eigenvalue weighted by Crippen LogP contribution is 2.23. The Morgan fingerprint density at radius 1 is 1.32 bits per heavy atom. The van der Waals surface area contributed by atoms with E-state index in [0.717, 1.165) is 12.1 Å². The molecule has 1 amide bonds. The van der Waals surface area contributed by atoms with Crippen LogP contribution in [0.4, 0.5) is 10.1 Å². The van der Waals surface area contributed by atoms with Crippen molar-refractivity contribution >= 4 is 17.4 Å². The minimum absolute atomic E-state index is 0.0347. The van der Waals surface area contributed by atoms with Gasteiger partial charge in [-0.15, -0.1) is 0 Å². The van der Waals surface area contributed by atoms with Crippen LogP contribution >= 0.6 is 0 Å². The third-order valence-corrected chi connectivity index (χ3v) is 3.63. The maximum absolute atomic E-state index is 13.7. The molecule has 0 aliphatic carbocycles. The Balaban J connectivity index is 1.91. The molecular formula is C17H16FN3O4. The smallest absolute Gasteiger partial charge is 0.275 e. The van der Waals surface area contributed by atoms with Crippen molar-refractivity contribution in [3.8, 4) is 0 Å². The number of carbonyl (C=O) groups excluding carboxylic acids is 2. The molecule has 8 heteroatoms. The predicted octanol–water partition coefficient (Wildman–Crippen LogP) is 2.83. The van der Waals surface area contributed by atoms with Crippen molar-refractivity contribution in [2.24, 2.45) is 0 Å². The molecule has 0 unspecified atom stereocenters. The second kappa shape index (κ2) is 8.09. The number of aromatic nitrogens is 1. The molecule has 25 heavy (non-hydrogen) atoms. The Morgan fingerprint density at radius 3 is 2.72 bits per heavy atom. The van der Waals surface area contributed by atoms with E-state index in [4.69, 9.17) is 0 Å². The van der Waals surface area contributed by atoms with Crippen molar-refractivity contribution in [3.63, 3.8) is 0 Å². The Morgan fingerprint density at radius 2 is 2.08 bits per heavy atom. The lowest BCUT2D eigenvalue weighted by atomic mass is 10.0. The predicted molar refractivity (Wildman–Crippen MR) is 87.9 cm³/mol. The summed E-state index contributed by atoms with van der Waals surface area (Å²) in [6.45, 7) is 1.53. The summed E-state index contributed by atoms with van der Waals surface area (Å²) >= 11 is 0. The number of nitrogens with zero attached hydrogens (tertiary/aromatic N) is 2. The van der Waals surface area contributed by atoms with Gasteiger partial charge in [-0.25, -0.2) is 4.39 Å². The lowest BCUT2D eigenvalue weighted by Crippen LogP contribution is -2.25. The van der Waals surface area contributed by atoms with Gasteiger partial charge in [0.15, 0.2) is 5.78 Å². The van der Waals surface area contributed by atoms with E-state index in [1.807, 2.05) is 0 Å². The van der Waals surface area contributed by atoms with E-state index in [-0.39, 0.29) is 30.0 Å². The van der Waals surface area contributed by atoms with Crippen molar-refractivity contribution in [2.45, 2.75) is 19.8 Å². The summed E-state index contributed by atoms with van der Waals surface area (Å²) in [6.07, 6.45) is 3.34. The van der Waals surface area contributed by atoms with Gasteiger partial charge in [0.25, 0.3) is 11.6 Å². The molecule has 1 aromatic carbocycles. The van der Waals surface area contributed by atoms with Crippen molar-refractivity contribution in [3.05, 3.63) is 69.3 Å². The van der Waals surface area contributed by atoms with Gasteiger partial charge in [0.2, 0.25) is 0 Å². The average molecular weight is 345 g/mol. The van der Waals surface area contributed by atoms with E-state index >= 15 is 0 Å². The summed E-state index contributed by atoms with van der Waals surface area (Å²) in [4.78, 5) is 37.9.